The highest BCUT2D eigenvalue weighted by Gasteiger charge is 2.09. The van der Waals surface area contributed by atoms with Crippen LogP contribution in [0.25, 0.3) is 5.69 Å². The Balaban J connectivity index is 2.47. The molecule has 0 saturated heterocycles. The van der Waals surface area contributed by atoms with Crippen molar-refractivity contribution in [1.82, 2.24) is 14.8 Å². The van der Waals surface area contributed by atoms with E-state index in [1.165, 1.54) is 11.9 Å². The third-order valence-corrected chi connectivity index (χ3v) is 2.49. The molecule has 2 rings (SSSR count). The Kier molecular flexibility index (Phi) is 2.78. The summed E-state index contributed by atoms with van der Waals surface area (Å²) >= 11 is 0. The summed E-state index contributed by atoms with van der Waals surface area (Å²) in [5.41, 5.74) is 7.93. The predicted molar refractivity (Wildman–Crippen MR) is 58.8 cm³/mol. The van der Waals surface area contributed by atoms with Gasteiger partial charge in [0.15, 0.2) is 0 Å². The fourth-order valence-electron chi connectivity index (χ4n) is 1.57. The van der Waals surface area contributed by atoms with E-state index in [-0.39, 0.29) is 0 Å². The summed E-state index contributed by atoms with van der Waals surface area (Å²) in [7, 11) is 0. The molecule has 2 aromatic rings. The van der Waals surface area contributed by atoms with Crippen molar-refractivity contribution < 1.29 is 0 Å². The first-order valence-corrected chi connectivity index (χ1v) is 4.97. The van der Waals surface area contributed by atoms with Crippen molar-refractivity contribution in [3.05, 3.63) is 42.5 Å². The van der Waals surface area contributed by atoms with Crippen molar-refractivity contribution in [2.45, 2.75) is 12.8 Å². The quantitative estimate of drug-likeness (QED) is 0.816. The molecule has 1 heterocycles. The summed E-state index contributed by atoms with van der Waals surface area (Å²) in [6.07, 6.45) is 3.23. The van der Waals surface area contributed by atoms with E-state index < -0.39 is 0 Å². The van der Waals surface area contributed by atoms with Gasteiger partial charge in [-0.2, -0.15) is 5.10 Å². The van der Waals surface area contributed by atoms with Gasteiger partial charge in [0, 0.05) is 0 Å². The van der Waals surface area contributed by atoms with Crippen molar-refractivity contribution in [3.8, 4) is 5.69 Å². The molecule has 1 unspecified atom stereocenters. The maximum absolute atomic E-state index is 5.68. The van der Waals surface area contributed by atoms with Gasteiger partial charge in [0.1, 0.15) is 12.7 Å². The average Bonchev–Trinajstić information content (AvgIpc) is 2.81. The lowest BCUT2D eigenvalue weighted by atomic mass is 9.99. The zero-order valence-electron chi connectivity index (χ0n) is 8.67. The number of para-hydroxylation sites is 1. The number of nitrogens with two attached hydrogens (primary N) is 1. The molecule has 0 spiro atoms. The second-order valence-electron chi connectivity index (χ2n) is 3.54. The maximum Gasteiger partial charge on any atom is 0.138 e. The second kappa shape index (κ2) is 4.23. The standard InChI is InChI=1S/C11H14N4/c1-9(6-12)10-4-2-3-5-11(10)15-8-13-7-14-15/h2-5,7-9H,6,12H2,1H3. The van der Waals surface area contributed by atoms with Crippen LogP contribution >= 0.6 is 0 Å². The number of hydrogen-bond acceptors (Lipinski definition) is 3. The summed E-state index contributed by atoms with van der Waals surface area (Å²) in [5.74, 6) is 0.324. The van der Waals surface area contributed by atoms with Crippen LogP contribution in [0, 0.1) is 0 Å². The van der Waals surface area contributed by atoms with Crippen molar-refractivity contribution in [2.24, 2.45) is 5.73 Å². The first-order valence-electron chi connectivity index (χ1n) is 4.97. The molecule has 0 saturated carbocycles. The molecule has 0 bridgehead atoms. The largest absolute Gasteiger partial charge is 0.330 e. The number of benzene rings is 1. The normalized spacial score (nSPS) is 12.7. The molecule has 1 aromatic carbocycles. The molecule has 78 valence electrons. The Morgan fingerprint density at radius 1 is 1.40 bits per heavy atom. The van der Waals surface area contributed by atoms with Gasteiger partial charge < -0.3 is 5.73 Å². The van der Waals surface area contributed by atoms with Crippen LogP contribution in [-0.4, -0.2) is 21.3 Å². The molecule has 0 aliphatic carbocycles. The van der Waals surface area contributed by atoms with Crippen molar-refractivity contribution >= 4 is 0 Å². The van der Waals surface area contributed by atoms with Gasteiger partial charge in [0.25, 0.3) is 0 Å². The molecule has 0 aliphatic heterocycles. The van der Waals surface area contributed by atoms with E-state index >= 15 is 0 Å². The van der Waals surface area contributed by atoms with Crippen LogP contribution in [0.5, 0.6) is 0 Å². The van der Waals surface area contributed by atoms with Gasteiger partial charge in [-0.25, -0.2) is 9.67 Å². The van der Waals surface area contributed by atoms with Crippen LogP contribution in [0.1, 0.15) is 18.4 Å². The summed E-state index contributed by atoms with van der Waals surface area (Å²) in [6.45, 7) is 2.74. The van der Waals surface area contributed by atoms with Gasteiger partial charge in [-0.1, -0.05) is 25.1 Å². The summed E-state index contributed by atoms with van der Waals surface area (Å²) in [4.78, 5) is 3.95. The summed E-state index contributed by atoms with van der Waals surface area (Å²) in [5, 5.41) is 4.13. The van der Waals surface area contributed by atoms with Gasteiger partial charge in [-0.15, -0.1) is 0 Å². The molecule has 0 amide bonds. The van der Waals surface area contributed by atoms with Gasteiger partial charge >= 0.3 is 0 Å². The maximum atomic E-state index is 5.68. The van der Waals surface area contributed by atoms with Crippen molar-refractivity contribution in [2.75, 3.05) is 6.54 Å². The number of nitrogens with zero attached hydrogens (tertiary/aromatic N) is 3. The minimum Gasteiger partial charge on any atom is -0.330 e. The molecule has 0 fully saturated rings. The zero-order valence-corrected chi connectivity index (χ0v) is 8.67. The number of rotatable bonds is 3. The van der Waals surface area contributed by atoms with Crippen LogP contribution in [-0.2, 0) is 0 Å². The van der Waals surface area contributed by atoms with E-state index in [1.807, 2.05) is 18.2 Å². The number of hydrogen-bond donors (Lipinski definition) is 1. The lowest BCUT2D eigenvalue weighted by molar-refractivity contribution is 0.751. The van der Waals surface area contributed by atoms with Gasteiger partial charge in [0.05, 0.1) is 5.69 Å². The molecule has 4 heteroatoms. The van der Waals surface area contributed by atoms with Gasteiger partial charge in [-0.3, -0.25) is 0 Å². The fourth-order valence-corrected chi connectivity index (χ4v) is 1.57. The molecule has 1 atom stereocenters. The van der Waals surface area contributed by atoms with Crippen molar-refractivity contribution in [3.63, 3.8) is 0 Å². The Hall–Kier alpha value is -1.68. The zero-order chi connectivity index (χ0) is 10.7. The van der Waals surface area contributed by atoms with Crippen LogP contribution in [0.15, 0.2) is 36.9 Å². The van der Waals surface area contributed by atoms with E-state index in [1.54, 1.807) is 11.0 Å². The predicted octanol–water partition coefficient (Wildman–Crippen LogP) is 1.33. The monoisotopic (exact) mass is 202 g/mol. The molecule has 2 N–H and O–H groups in total. The average molecular weight is 202 g/mol. The first-order chi connectivity index (χ1) is 7.33. The van der Waals surface area contributed by atoms with Crippen LogP contribution in [0.4, 0.5) is 0 Å². The van der Waals surface area contributed by atoms with Crippen LogP contribution < -0.4 is 5.73 Å². The molecule has 1 aromatic heterocycles. The molecule has 0 aliphatic rings. The Morgan fingerprint density at radius 2 is 2.20 bits per heavy atom. The minimum atomic E-state index is 0.324. The van der Waals surface area contributed by atoms with Gasteiger partial charge in [-0.05, 0) is 24.1 Å². The van der Waals surface area contributed by atoms with Crippen LogP contribution in [0.2, 0.25) is 0 Å². The highest BCUT2D eigenvalue weighted by Crippen LogP contribution is 2.21. The van der Waals surface area contributed by atoms with E-state index in [2.05, 4.69) is 23.1 Å². The van der Waals surface area contributed by atoms with Crippen LogP contribution in [0.3, 0.4) is 0 Å². The first kappa shape index (κ1) is 9.86. The molecular weight excluding hydrogens is 188 g/mol. The van der Waals surface area contributed by atoms with E-state index in [0.29, 0.717) is 12.5 Å². The Bertz CT molecular complexity index is 422. The molecule has 0 radical (unpaired) electrons. The molecule has 15 heavy (non-hydrogen) atoms. The summed E-state index contributed by atoms with van der Waals surface area (Å²) < 4.78 is 1.77. The van der Waals surface area contributed by atoms with E-state index in [4.69, 9.17) is 5.73 Å². The Labute approximate surface area is 88.8 Å². The van der Waals surface area contributed by atoms with E-state index in [9.17, 15) is 0 Å². The highest BCUT2D eigenvalue weighted by atomic mass is 15.3. The second-order valence-corrected chi connectivity index (χ2v) is 3.54. The lowest BCUT2D eigenvalue weighted by Gasteiger charge is -2.13. The van der Waals surface area contributed by atoms with Gasteiger partial charge in [0.2, 0.25) is 0 Å². The summed E-state index contributed by atoms with van der Waals surface area (Å²) in [6, 6.07) is 8.11. The molecular formula is C11H14N4. The Morgan fingerprint density at radius 3 is 2.87 bits per heavy atom. The minimum absolute atomic E-state index is 0.324. The smallest absolute Gasteiger partial charge is 0.138 e. The third-order valence-electron chi connectivity index (χ3n) is 2.49. The molecule has 4 nitrogen and oxygen atoms in total. The SMILES string of the molecule is CC(CN)c1ccccc1-n1cncn1. The lowest BCUT2D eigenvalue weighted by Crippen LogP contribution is -2.12. The number of aromatic nitrogens is 3. The highest BCUT2D eigenvalue weighted by molar-refractivity contribution is 5.42. The fraction of sp³-hybridized carbons (Fsp3) is 0.273. The van der Waals surface area contributed by atoms with E-state index in [0.717, 1.165) is 5.69 Å². The van der Waals surface area contributed by atoms with Crippen molar-refractivity contribution in [1.29, 1.82) is 0 Å². The topological polar surface area (TPSA) is 56.7 Å². The third kappa shape index (κ3) is 1.89.